The minimum Gasteiger partial charge on any atom is -0.494 e. The Morgan fingerprint density at radius 1 is 0.967 bits per heavy atom. The third-order valence-electron chi connectivity index (χ3n) is 4.27. The fraction of sp³-hybridized carbons (Fsp3) is 0.409. The average Bonchev–Trinajstić information content (AvgIpc) is 2.69. The lowest BCUT2D eigenvalue weighted by atomic mass is 10.0. The second-order valence-electron chi connectivity index (χ2n) is 6.57. The maximum atomic E-state index is 13.3. The molecular weight excluding hydrogens is 406 g/mol. The van der Waals surface area contributed by atoms with Gasteiger partial charge in [-0.25, -0.2) is 13.1 Å². The topological polar surface area (TPSA) is 90.9 Å². The van der Waals surface area contributed by atoms with E-state index in [4.69, 9.17) is 14.2 Å². The fourth-order valence-electron chi connectivity index (χ4n) is 2.89. The van der Waals surface area contributed by atoms with E-state index in [1.807, 2.05) is 26.0 Å². The first-order valence-corrected chi connectivity index (χ1v) is 11.4. The Bertz CT molecular complexity index is 941. The van der Waals surface area contributed by atoms with Crippen molar-refractivity contribution in [2.24, 2.45) is 0 Å². The summed E-state index contributed by atoms with van der Waals surface area (Å²) in [6, 6.07) is 11.2. The van der Waals surface area contributed by atoms with Gasteiger partial charge in [-0.2, -0.15) is 0 Å². The van der Waals surface area contributed by atoms with Crippen LogP contribution in [0.5, 0.6) is 11.5 Å². The minimum atomic E-state index is -4.03. The van der Waals surface area contributed by atoms with Crippen molar-refractivity contribution < 1.29 is 27.4 Å². The quantitative estimate of drug-likeness (QED) is 0.541. The van der Waals surface area contributed by atoms with E-state index in [0.29, 0.717) is 24.5 Å². The Balaban J connectivity index is 2.43. The summed E-state index contributed by atoms with van der Waals surface area (Å²) in [5.74, 6) is 0.143. The summed E-state index contributed by atoms with van der Waals surface area (Å²) in [5, 5.41) is 0. The van der Waals surface area contributed by atoms with Crippen LogP contribution in [0.4, 0.5) is 0 Å². The van der Waals surface area contributed by atoms with Gasteiger partial charge in [-0.1, -0.05) is 29.8 Å². The molecule has 2 rings (SSSR count). The zero-order chi connectivity index (χ0) is 22.1. The van der Waals surface area contributed by atoms with E-state index in [-0.39, 0.29) is 23.7 Å². The summed E-state index contributed by atoms with van der Waals surface area (Å²) in [5.41, 5.74) is 1.69. The molecule has 2 aromatic rings. The molecule has 1 N–H and O–H groups in total. The molecule has 8 heteroatoms. The predicted molar refractivity (Wildman–Crippen MR) is 114 cm³/mol. The maximum Gasteiger partial charge on any atom is 0.307 e. The van der Waals surface area contributed by atoms with E-state index < -0.39 is 22.0 Å². The molecule has 30 heavy (non-hydrogen) atoms. The summed E-state index contributed by atoms with van der Waals surface area (Å²) in [6.07, 6.45) is -0.134. The molecule has 0 saturated carbocycles. The molecular formula is C22H29NO6S. The van der Waals surface area contributed by atoms with Crippen molar-refractivity contribution in [3.63, 3.8) is 0 Å². The van der Waals surface area contributed by atoms with Crippen LogP contribution in [-0.4, -0.2) is 34.2 Å². The third-order valence-corrected chi connectivity index (χ3v) is 5.76. The SMILES string of the molecule is CCOC(=O)CC(NS(=O)(=O)c1cc(OCC)ccc1OCC)c1ccc(C)cc1. The second kappa shape index (κ2) is 11.0. The van der Waals surface area contributed by atoms with Crippen LogP contribution >= 0.6 is 0 Å². The number of sulfonamides is 1. The van der Waals surface area contributed by atoms with Crippen molar-refractivity contribution in [3.8, 4) is 11.5 Å². The summed E-state index contributed by atoms with van der Waals surface area (Å²) in [7, 11) is -4.03. The molecule has 0 radical (unpaired) electrons. The monoisotopic (exact) mass is 435 g/mol. The number of benzene rings is 2. The van der Waals surface area contributed by atoms with Gasteiger partial charge in [0.1, 0.15) is 16.4 Å². The Kier molecular flexibility index (Phi) is 8.68. The van der Waals surface area contributed by atoms with E-state index in [9.17, 15) is 13.2 Å². The predicted octanol–water partition coefficient (Wildman–Crippen LogP) is 3.77. The number of rotatable bonds is 11. The van der Waals surface area contributed by atoms with E-state index in [1.54, 1.807) is 38.1 Å². The number of hydrogen-bond acceptors (Lipinski definition) is 6. The number of nitrogens with one attached hydrogen (secondary N) is 1. The molecule has 2 aromatic carbocycles. The highest BCUT2D eigenvalue weighted by Crippen LogP contribution is 2.30. The summed E-state index contributed by atoms with van der Waals surface area (Å²) >= 11 is 0. The Morgan fingerprint density at radius 3 is 2.23 bits per heavy atom. The van der Waals surface area contributed by atoms with Crippen LogP contribution in [0.25, 0.3) is 0 Å². The van der Waals surface area contributed by atoms with E-state index >= 15 is 0 Å². The van der Waals surface area contributed by atoms with Crippen LogP contribution in [0.1, 0.15) is 44.4 Å². The first kappa shape index (κ1) is 23.7. The van der Waals surface area contributed by atoms with E-state index in [1.165, 1.54) is 6.07 Å². The Hall–Kier alpha value is -2.58. The minimum absolute atomic E-state index is 0.0451. The number of carbonyl (C=O) groups is 1. The highest BCUT2D eigenvalue weighted by molar-refractivity contribution is 7.89. The zero-order valence-corrected chi connectivity index (χ0v) is 18.6. The molecule has 0 amide bonds. The molecule has 0 fully saturated rings. The number of hydrogen-bond donors (Lipinski definition) is 1. The molecule has 0 bridgehead atoms. The normalized spacial score (nSPS) is 12.3. The van der Waals surface area contributed by atoms with Gasteiger partial charge in [0.05, 0.1) is 32.3 Å². The molecule has 0 aliphatic carbocycles. The van der Waals surface area contributed by atoms with Crippen LogP contribution in [0.2, 0.25) is 0 Å². The molecule has 0 spiro atoms. The van der Waals surface area contributed by atoms with Crippen LogP contribution in [0.3, 0.4) is 0 Å². The first-order valence-electron chi connectivity index (χ1n) is 9.94. The molecule has 0 saturated heterocycles. The largest absolute Gasteiger partial charge is 0.494 e. The molecule has 0 aromatic heterocycles. The standard InChI is InChI=1S/C22H29NO6S/c1-5-27-18-12-13-20(28-6-2)21(14-18)30(25,26)23-19(15-22(24)29-7-3)17-10-8-16(4)9-11-17/h8-14,19,23H,5-7,15H2,1-4H3. The van der Waals surface area contributed by atoms with Crippen molar-refractivity contribution in [1.82, 2.24) is 4.72 Å². The van der Waals surface area contributed by atoms with Gasteiger partial charge in [0, 0.05) is 6.07 Å². The molecule has 0 aliphatic rings. The van der Waals surface area contributed by atoms with Crippen molar-refractivity contribution >= 4 is 16.0 Å². The van der Waals surface area contributed by atoms with Gasteiger partial charge < -0.3 is 14.2 Å². The van der Waals surface area contributed by atoms with E-state index in [2.05, 4.69) is 4.72 Å². The van der Waals surface area contributed by atoms with Crippen molar-refractivity contribution in [2.45, 2.75) is 45.1 Å². The molecule has 7 nitrogen and oxygen atoms in total. The molecule has 164 valence electrons. The number of ether oxygens (including phenoxy) is 3. The van der Waals surface area contributed by atoms with Gasteiger partial charge in [-0.15, -0.1) is 0 Å². The lowest BCUT2D eigenvalue weighted by Crippen LogP contribution is -2.31. The van der Waals surface area contributed by atoms with Crippen molar-refractivity contribution in [3.05, 3.63) is 53.6 Å². The Morgan fingerprint density at radius 2 is 1.63 bits per heavy atom. The van der Waals surface area contributed by atoms with Crippen LogP contribution < -0.4 is 14.2 Å². The summed E-state index contributed by atoms with van der Waals surface area (Å²) in [4.78, 5) is 12.1. The van der Waals surface area contributed by atoms with Gasteiger partial charge >= 0.3 is 5.97 Å². The van der Waals surface area contributed by atoms with Gasteiger partial charge in [-0.05, 0) is 45.4 Å². The second-order valence-corrected chi connectivity index (χ2v) is 8.25. The average molecular weight is 436 g/mol. The maximum absolute atomic E-state index is 13.3. The third kappa shape index (κ3) is 6.47. The summed E-state index contributed by atoms with van der Waals surface area (Å²) < 4.78 is 45.2. The zero-order valence-electron chi connectivity index (χ0n) is 17.8. The van der Waals surface area contributed by atoms with Crippen LogP contribution in [0, 0.1) is 6.92 Å². The van der Waals surface area contributed by atoms with Crippen LogP contribution in [0.15, 0.2) is 47.4 Å². The number of aryl methyl sites for hydroxylation is 1. The fourth-order valence-corrected chi connectivity index (χ4v) is 4.28. The smallest absolute Gasteiger partial charge is 0.307 e. The van der Waals surface area contributed by atoms with Gasteiger partial charge in [0.15, 0.2) is 0 Å². The van der Waals surface area contributed by atoms with Crippen molar-refractivity contribution in [2.75, 3.05) is 19.8 Å². The van der Waals surface area contributed by atoms with E-state index in [0.717, 1.165) is 5.56 Å². The van der Waals surface area contributed by atoms with Gasteiger partial charge in [0.25, 0.3) is 0 Å². The lowest BCUT2D eigenvalue weighted by Gasteiger charge is -2.20. The number of esters is 1. The highest BCUT2D eigenvalue weighted by atomic mass is 32.2. The highest BCUT2D eigenvalue weighted by Gasteiger charge is 2.27. The number of carbonyl (C=O) groups excluding carboxylic acids is 1. The first-order chi connectivity index (χ1) is 14.3. The Labute approximate surface area is 178 Å². The molecule has 0 aliphatic heterocycles. The molecule has 0 heterocycles. The van der Waals surface area contributed by atoms with Crippen LogP contribution in [-0.2, 0) is 19.6 Å². The van der Waals surface area contributed by atoms with Gasteiger partial charge in [0.2, 0.25) is 10.0 Å². The lowest BCUT2D eigenvalue weighted by molar-refractivity contribution is -0.143. The van der Waals surface area contributed by atoms with Crippen molar-refractivity contribution in [1.29, 1.82) is 0 Å². The summed E-state index contributed by atoms with van der Waals surface area (Å²) in [6.45, 7) is 8.15. The molecule has 1 unspecified atom stereocenters. The molecule has 1 atom stereocenters. The van der Waals surface area contributed by atoms with Gasteiger partial charge in [-0.3, -0.25) is 4.79 Å².